The number of hydrogen-bond donors (Lipinski definition) is 1. The van der Waals surface area contributed by atoms with E-state index in [-0.39, 0.29) is 18.6 Å². The van der Waals surface area contributed by atoms with Crippen LogP contribution in [-0.2, 0) is 9.53 Å². The lowest BCUT2D eigenvalue weighted by Gasteiger charge is -2.20. The van der Waals surface area contributed by atoms with Crippen molar-refractivity contribution in [2.45, 2.75) is 65.9 Å². The molecule has 0 saturated heterocycles. The molecule has 0 heterocycles. The van der Waals surface area contributed by atoms with Gasteiger partial charge in [-0.3, -0.25) is 4.79 Å². The normalized spacial score (nSPS) is 12.0. The number of hydrogen-bond acceptors (Lipinski definition) is 4. The fourth-order valence-corrected chi connectivity index (χ4v) is 3.07. The molecule has 1 N–H and O–H groups in total. The molecule has 0 aliphatic carbocycles. The number of anilines is 1. The van der Waals surface area contributed by atoms with Crippen LogP contribution in [0.15, 0.2) is 42.5 Å². The zero-order valence-corrected chi connectivity index (χ0v) is 18.8. The highest BCUT2D eigenvalue weighted by atomic mass is 16.6. The predicted molar refractivity (Wildman–Crippen MR) is 120 cm³/mol. The Morgan fingerprint density at radius 3 is 1.97 bits per heavy atom. The first-order valence-electron chi connectivity index (χ1n) is 10.6. The Morgan fingerprint density at radius 1 is 0.900 bits per heavy atom. The van der Waals surface area contributed by atoms with Gasteiger partial charge in [0, 0.05) is 11.3 Å². The smallest absolute Gasteiger partial charge is 0.344 e. The highest BCUT2D eigenvalue weighted by Crippen LogP contribution is 2.32. The van der Waals surface area contributed by atoms with Crippen LogP contribution in [0.3, 0.4) is 0 Å². The molecule has 0 fully saturated rings. The molecular formula is C25H33NO4. The van der Waals surface area contributed by atoms with Crippen molar-refractivity contribution in [3.63, 3.8) is 0 Å². The molecule has 0 unspecified atom stereocenters. The average molecular weight is 412 g/mol. The minimum absolute atomic E-state index is 0.128. The molecule has 0 radical (unpaired) electrons. The lowest BCUT2D eigenvalue weighted by molar-refractivity contribution is -0.150. The second kappa shape index (κ2) is 10.8. The van der Waals surface area contributed by atoms with E-state index >= 15 is 0 Å². The number of carbonyl (C=O) groups excluding carboxylic acids is 2. The largest absolute Gasteiger partial charge is 0.482 e. The van der Waals surface area contributed by atoms with Crippen molar-refractivity contribution in [1.29, 1.82) is 0 Å². The van der Waals surface area contributed by atoms with Gasteiger partial charge in [-0.05, 0) is 60.6 Å². The zero-order valence-electron chi connectivity index (χ0n) is 18.8. The Morgan fingerprint density at radius 2 is 1.47 bits per heavy atom. The summed E-state index contributed by atoms with van der Waals surface area (Å²) in [5, 5.41) is 3.10. The van der Waals surface area contributed by atoms with Crippen LogP contribution in [0.5, 0.6) is 5.75 Å². The third-order valence-corrected chi connectivity index (χ3v) is 4.99. The van der Waals surface area contributed by atoms with Gasteiger partial charge in [-0.1, -0.05) is 52.8 Å². The number of carbonyl (C=O) groups is 2. The van der Waals surface area contributed by atoms with E-state index in [1.54, 1.807) is 24.3 Å². The molecule has 5 nitrogen and oxygen atoms in total. The van der Waals surface area contributed by atoms with Gasteiger partial charge in [-0.25, -0.2) is 4.79 Å². The van der Waals surface area contributed by atoms with Crippen molar-refractivity contribution in [2.24, 2.45) is 0 Å². The molecule has 0 spiro atoms. The Bertz CT molecular complexity index is 830. The molecule has 0 aliphatic heterocycles. The first-order valence-corrected chi connectivity index (χ1v) is 10.6. The van der Waals surface area contributed by atoms with E-state index in [2.05, 4.69) is 45.1 Å². The summed E-state index contributed by atoms with van der Waals surface area (Å²) in [7, 11) is 0. The van der Waals surface area contributed by atoms with Gasteiger partial charge in [0.05, 0.1) is 6.10 Å². The predicted octanol–water partition coefficient (Wildman–Crippen LogP) is 5.91. The third kappa shape index (κ3) is 6.34. The Kier molecular flexibility index (Phi) is 8.46. The molecule has 0 aromatic heterocycles. The van der Waals surface area contributed by atoms with Gasteiger partial charge in [-0.15, -0.1) is 0 Å². The van der Waals surface area contributed by atoms with Crippen molar-refractivity contribution >= 4 is 17.6 Å². The van der Waals surface area contributed by atoms with Gasteiger partial charge in [0.1, 0.15) is 5.75 Å². The summed E-state index contributed by atoms with van der Waals surface area (Å²) < 4.78 is 10.6. The van der Waals surface area contributed by atoms with E-state index in [4.69, 9.17) is 9.47 Å². The van der Waals surface area contributed by atoms with Crippen LogP contribution >= 0.6 is 0 Å². The van der Waals surface area contributed by atoms with Crippen LogP contribution in [-0.4, -0.2) is 24.6 Å². The Labute approximate surface area is 179 Å². The van der Waals surface area contributed by atoms with E-state index in [9.17, 15) is 9.59 Å². The summed E-state index contributed by atoms with van der Waals surface area (Å²) in [4.78, 5) is 24.6. The number of para-hydroxylation sites is 1. The molecule has 2 rings (SSSR count). The van der Waals surface area contributed by atoms with Crippen LogP contribution in [0, 0.1) is 0 Å². The van der Waals surface area contributed by atoms with Crippen molar-refractivity contribution in [3.05, 3.63) is 59.2 Å². The summed E-state index contributed by atoms with van der Waals surface area (Å²) in [6, 6.07) is 12.9. The van der Waals surface area contributed by atoms with Crippen molar-refractivity contribution in [3.8, 4) is 5.75 Å². The van der Waals surface area contributed by atoms with E-state index in [0.717, 1.165) is 23.2 Å². The first-order chi connectivity index (χ1) is 14.2. The van der Waals surface area contributed by atoms with Crippen molar-refractivity contribution in [2.75, 3.05) is 11.9 Å². The lowest BCUT2D eigenvalue weighted by Crippen LogP contribution is -2.20. The van der Waals surface area contributed by atoms with E-state index in [1.807, 2.05) is 19.9 Å². The summed E-state index contributed by atoms with van der Waals surface area (Å²) in [5.41, 5.74) is 3.65. The highest BCUT2D eigenvalue weighted by Gasteiger charge is 2.17. The third-order valence-electron chi connectivity index (χ3n) is 4.99. The first kappa shape index (κ1) is 23.5. The molecule has 162 valence electrons. The quantitative estimate of drug-likeness (QED) is 0.521. The van der Waals surface area contributed by atoms with E-state index in [0.29, 0.717) is 23.1 Å². The topological polar surface area (TPSA) is 64.6 Å². The number of amides is 1. The lowest BCUT2D eigenvalue weighted by atomic mass is 9.92. The zero-order chi connectivity index (χ0) is 22.3. The number of ether oxygens (including phenoxy) is 2. The Balaban J connectivity index is 2.08. The minimum Gasteiger partial charge on any atom is -0.482 e. The maximum absolute atomic E-state index is 12.9. The fraction of sp³-hybridized carbons (Fsp3) is 0.440. The van der Waals surface area contributed by atoms with Crippen LogP contribution in [0.1, 0.15) is 81.3 Å². The number of rotatable bonds is 9. The van der Waals surface area contributed by atoms with Crippen molar-refractivity contribution < 1.29 is 19.1 Å². The highest BCUT2D eigenvalue weighted by molar-refractivity contribution is 6.05. The van der Waals surface area contributed by atoms with Gasteiger partial charge >= 0.3 is 5.97 Å². The summed E-state index contributed by atoms with van der Waals surface area (Å²) in [6.07, 6.45) is 0.630. The molecule has 1 atom stereocenters. The molecule has 30 heavy (non-hydrogen) atoms. The van der Waals surface area contributed by atoms with Crippen LogP contribution in [0.4, 0.5) is 5.69 Å². The van der Waals surface area contributed by atoms with Crippen LogP contribution < -0.4 is 10.1 Å². The molecular weight excluding hydrogens is 378 g/mol. The molecule has 0 bridgehead atoms. The van der Waals surface area contributed by atoms with Crippen molar-refractivity contribution in [1.82, 2.24) is 0 Å². The monoisotopic (exact) mass is 411 g/mol. The summed E-state index contributed by atoms with van der Waals surface area (Å²) in [5.74, 6) is 0.526. The summed E-state index contributed by atoms with van der Waals surface area (Å²) in [6.45, 7) is 12.1. The average Bonchev–Trinajstić information content (AvgIpc) is 2.72. The molecule has 0 saturated carbocycles. The van der Waals surface area contributed by atoms with Gasteiger partial charge in [0.15, 0.2) is 6.61 Å². The van der Waals surface area contributed by atoms with Crippen LogP contribution in [0.25, 0.3) is 0 Å². The molecule has 2 aromatic rings. The molecule has 2 aromatic carbocycles. The Hall–Kier alpha value is -2.82. The second-order valence-electron chi connectivity index (χ2n) is 8.10. The SMILES string of the molecule is CC[C@@H](C)OC(=O)COc1ccc(C(=O)Nc2c(C(C)C)cccc2C(C)C)cc1. The van der Waals surface area contributed by atoms with Gasteiger partial charge in [-0.2, -0.15) is 0 Å². The van der Waals surface area contributed by atoms with Crippen LogP contribution in [0.2, 0.25) is 0 Å². The molecule has 1 amide bonds. The maximum atomic E-state index is 12.9. The number of esters is 1. The molecule has 0 aliphatic rings. The fourth-order valence-electron chi connectivity index (χ4n) is 3.07. The van der Waals surface area contributed by atoms with E-state index < -0.39 is 5.97 Å². The van der Waals surface area contributed by atoms with Gasteiger partial charge in [0.2, 0.25) is 0 Å². The maximum Gasteiger partial charge on any atom is 0.344 e. The standard InChI is InChI=1S/C25H33NO4/c1-7-18(6)30-23(27)15-29-20-13-11-19(12-14-20)25(28)26-24-21(16(2)3)9-8-10-22(24)17(4)5/h8-14,16-18H,7,15H2,1-6H3,(H,26,28)/t18-/m1/s1. The van der Waals surface area contributed by atoms with E-state index in [1.165, 1.54) is 0 Å². The minimum atomic E-state index is -0.405. The molecule has 5 heteroatoms. The second-order valence-corrected chi connectivity index (χ2v) is 8.10. The number of benzene rings is 2. The van der Waals surface area contributed by atoms with Gasteiger partial charge < -0.3 is 14.8 Å². The van der Waals surface area contributed by atoms with Gasteiger partial charge in [0.25, 0.3) is 5.91 Å². The summed E-state index contributed by atoms with van der Waals surface area (Å²) >= 11 is 0. The number of nitrogens with one attached hydrogen (secondary N) is 1.